The minimum atomic E-state index is -3.44. The lowest BCUT2D eigenvalue weighted by molar-refractivity contribution is 0.588. The van der Waals surface area contributed by atoms with Gasteiger partial charge in [-0.1, -0.05) is 12.1 Å². The Morgan fingerprint density at radius 2 is 2.05 bits per heavy atom. The number of nitrogens with one attached hydrogen (secondary N) is 3. The lowest BCUT2D eigenvalue weighted by Crippen LogP contribution is -2.20. The van der Waals surface area contributed by atoms with Gasteiger partial charge in [0.15, 0.2) is 0 Å². The maximum Gasteiger partial charge on any atom is 0.242 e. The molecule has 0 aliphatic carbocycles. The number of rotatable bonds is 7. The van der Waals surface area contributed by atoms with Crippen LogP contribution in [0.25, 0.3) is 0 Å². The molecule has 1 heterocycles. The van der Waals surface area contributed by atoms with Gasteiger partial charge in [-0.05, 0) is 44.5 Å². The number of hydrogen-bond donors (Lipinski definition) is 3. The molecule has 2 aromatic rings. The number of hydrogen-bond acceptors (Lipinski definition) is 4. The molecule has 0 aliphatic rings. The van der Waals surface area contributed by atoms with E-state index in [1.165, 1.54) is 12.6 Å². The first-order valence-corrected chi connectivity index (χ1v) is 8.28. The molecule has 0 saturated carbocycles. The van der Waals surface area contributed by atoms with Crippen molar-refractivity contribution in [3.05, 3.63) is 41.7 Å². The van der Waals surface area contributed by atoms with Gasteiger partial charge in [0.05, 0.1) is 11.9 Å². The van der Waals surface area contributed by atoms with Gasteiger partial charge >= 0.3 is 0 Å². The van der Waals surface area contributed by atoms with E-state index >= 15 is 0 Å². The fourth-order valence-electron chi connectivity index (χ4n) is 2.09. The van der Waals surface area contributed by atoms with Gasteiger partial charge < -0.3 is 5.32 Å². The molecule has 21 heavy (non-hydrogen) atoms. The number of para-hydroxylation sites is 1. The van der Waals surface area contributed by atoms with E-state index in [0.29, 0.717) is 12.2 Å². The highest BCUT2D eigenvalue weighted by molar-refractivity contribution is 7.89. The van der Waals surface area contributed by atoms with E-state index in [4.69, 9.17) is 0 Å². The molecule has 7 heteroatoms. The predicted molar refractivity (Wildman–Crippen MR) is 82.8 cm³/mol. The molecule has 0 radical (unpaired) electrons. The van der Waals surface area contributed by atoms with E-state index in [1.807, 2.05) is 19.2 Å². The van der Waals surface area contributed by atoms with Crippen LogP contribution in [0.5, 0.6) is 0 Å². The summed E-state index contributed by atoms with van der Waals surface area (Å²) in [7, 11) is -2.03. The summed E-state index contributed by atoms with van der Waals surface area (Å²) in [5, 5.41) is 10.1. The molecule has 2 rings (SSSR count). The Bertz CT molecular complexity index is 695. The molecule has 0 atom stereocenters. The van der Waals surface area contributed by atoms with Crippen molar-refractivity contribution in [2.75, 3.05) is 18.9 Å². The Morgan fingerprint density at radius 3 is 2.71 bits per heavy atom. The van der Waals surface area contributed by atoms with E-state index in [-0.39, 0.29) is 4.90 Å². The van der Waals surface area contributed by atoms with Crippen molar-refractivity contribution in [2.45, 2.75) is 24.7 Å². The number of aromatic nitrogens is 2. The first kappa shape index (κ1) is 15.5. The quantitative estimate of drug-likeness (QED) is 0.679. The van der Waals surface area contributed by atoms with Gasteiger partial charge in [-0.25, -0.2) is 13.1 Å². The SMILES string of the molecule is CNS(=O)(=O)c1ccccc1NCCCc1cn[nH]c1C. The number of sulfonamides is 1. The molecule has 0 spiro atoms. The van der Waals surface area contributed by atoms with Crippen molar-refractivity contribution in [3.63, 3.8) is 0 Å². The molecular weight excluding hydrogens is 288 g/mol. The smallest absolute Gasteiger partial charge is 0.242 e. The molecule has 3 N–H and O–H groups in total. The van der Waals surface area contributed by atoms with Gasteiger partial charge in [0.25, 0.3) is 0 Å². The van der Waals surface area contributed by atoms with E-state index in [2.05, 4.69) is 20.2 Å². The average Bonchev–Trinajstić information content (AvgIpc) is 2.89. The summed E-state index contributed by atoms with van der Waals surface area (Å²) in [5.41, 5.74) is 2.89. The molecule has 0 amide bonds. The van der Waals surface area contributed by atoms with Crippen LogP contribution in [0.1, 0.15) is 17.7 Å². The summed E-state index contributed by atoms with van der Waals surface area (Å²) in [4.78, 5) is 0.270. The van der Waals surface area contributed by atoms with Crippen molar-refractivity contribution < 1.29 is 8.42 Å². The number of benzene rings is 1. The largest absolute Gasteiger partial charge is 0.384 e. The lowest BCUT2D eigenvalue weighted by Gasteiger charge is -2.11. The van der Waals surface area contributed by atoms with Gasteiger partial charge in [-0.15, -0.1) is 0 Å². The zero-order valence-corrected chi connectivity index (χ0v) is 13.0. The van der Waals surface area contributed by atoms with E-state index < -0.39 is 10.0 Å². The van der Waals surface area contributed by atoms with Crippen LogP contribution >= 0.6 is 0 Å². The van der Waals surface area contributed by atoms with Crippen LogP contribution < -0.4 is 10.0 Å². The monoisotopic (exact) mass is 308 g/mol. The molecule has 0 bridgehead atoms. The highest BCUT2D eigenvalue weighted by Gasteiger charge is 2.15. The second kappa shape index (κ2) is 6.73. The van der Waals surface area contributed by atoms with Gasteiger partial charge in [-0.2, -0.15) is 5.10 Å². The van der Waals surface area contributed by atoms with Crippen LogP contribution in [-0.4, -0.2) is 32.2 Å². The van der Waals surface area contributed by atoms with Crippen LogP contribution in [0.3, 0.4) is 0 Å². The van der Waals surface area contributed by atoms with Crippen LogP contribution in [0.4, 0.5) is 5.69 Å². The molecule has 0 fully saturated rings. The highest BCUT2D eigenvalue weighted by Crippen LogP contribution is 2.20. The maximum atomic E-state index is 11.9. The summed E-state index contributed by atoms with van der Waals surface area (Å²) >= 11 is 0. The Kier molecular flexibility index (Phi) is 4.98. The number of aryl methyl sites for hydroxylation is 2. The van der Waals surface area contributed by atoms with E-state index in [1.54, 1.807) is 18.2 Å². The second-order valence-corrected chi connectivity index (χ2v) is 6.61. The highest BCUT2D eigenvalue weighted by atomic mass is 32.2. The molecule has 0 aliphatic heterocycles. The lowest BCUT2D eigenvalue weighted by atomic mass is 10.1. The van der Waals surface area contributed by atoms with Crippen LogP contribution in [0, 0.1) is 6.92 Å². The summed E-state index contributed by atoms with van der Waals surface area (Å²) < 4.78 is 26.2. The third-order valence-electron chi connectivity index (χ3n) is 3.32. The Balaban J connectivity index is 1.96. The van der Waals surface area contributed by atoms with E-state index in [9.17, 15) is 8.42 Å². The first-order valence-electron chi connectivity index (χ1n) is 6.80. The zero-order chi connectivity index (χ0) is 15.3. The second-order valence-electron chi connectivity index (χ2n) is 4.75. The third kappa shape index (κ3) is 3.83. The van der Waals surface area contributed by atoms with Crippen molar-refractivity contribution in [1.82, 2.24) is 14.9 Å². The minimum absolute atomic E-state index is 0.270. The summed E-state index contributed by atoms with van der Waals surface area (Å²) in [6.45, 7) is 2.69. The van der Waals surface area contributed by atoms with Crippen molar-refractivity contribution >= 4 is 15.7 Å². The van der Waals surface area contributed by atoms with Crippen molar-refractivity contribution in [2.24, 2.45) is 0 Å². The molecule has 6 nitrogen and oxygen atoms in total. The van der Waals surface area contributed by atoms with Gasteiger partial charge in [0, 0.05) is 12.2 Å². The van der Waals surface area contributed by atoms with Gasteiger partial charge in [0.2, 0.25) is 10.0 Å². The van der Waals surface area contributed by atoms with Crippen molar-refractivity contribution in [3.8, 4) is 0 Å². The predicted octanol–water partition coefficient (Wildman–Crippen LogP) is 1.67. The average molecular weight is 308 g/mol. The Morgan fingerprint density at radius 1 is 1.29 bits per heavy atom. The topological polar surface area (TPSA) is 86.9 Å². The van der Waals surface area contributed by atoms with Gasteiger partial charge in [-0.3, -0.25) is 5.10 Å². The normalized spacial score (nSPS) is 11.5. The minimum Gasteiger partial charge on any atom is -0.384 e. The molecule has 0 saturated heterocycles. The zero-order valence-electron chi connectivity index (χ0n) is 12.2. The summed E-state index contributed by atoms with van der Waals surface area (Å²) in [6.07, 6.45) is 3.62. The first-order chi connectivity index (χ1) is 10.0. The summed E-state index contributed by atoms with van der Waals surface area (Å²) in [5.74, 6) is 0. The third-order valence-corrected chi connectivity index (χ3v) is 4.79. The van der Waals surface area contributed by atoms with Crippen LogP contribution in [0.15, 0.2) is 35.4 Å². The molecular formula is C14H20N4O2S. The Hall–Kier alpha value is -1.86. The van der Waals surface area contributed by atoms with Gasteiger partial charge in [0.1, 0.15) is 4.90 Å². The molecule has 1 aromatic carbocycles. The Labute approximate surface area is 125 Å². The molecule has 1 aromatic heterocycles. The fraction of sp³-hybridized carbons (Fsp3) is 0.357. The number of anilines is 1. The van der Waals surface area contributed by atoms with Crippen molar-refractivity contribution in [1.29, 1.82) is 0 Å². The van der Waals surface area contributed by atoms with Crippen LogP contribution in [0.2, 0.25) is 0 Å². The van der Waals surface area contributed by atoms with Crippen LogP contribution in [-0.2, 0) is 16.4 Å². The fourth-order valence-corrected chi connectivity index (χ4v) is 2.99. The number of aromatic amines is 1. The molecule has 114 valence electrons. The number of H-pyrrole nitrogens is 1. The molecule has 0 unspecified atom stereocenters. The standard InChI is InChI=1S/C14H20N4O2S/c1-11-12(10-17-18-11)6-5-9-16-13-7-3-4-8-14(13)21(19,20)15-2/h3-4,7-8,10,15-16H,5-6,9H2,1-2H3,(H,17,18). The maximum absolute atomic E-state index is 11.9. The summed E-state index contributed by atoms with van der Waals surface area (Å²) in [6, 6.07) is 6.89. The van der Waals surface area contributed by atoms with E-state index in [0.717, 1.165) is 18.5 Å². The number of nitrogens with zero attached hydrogens (tertiary/aromatic N) is 1.